The largest absolute Gasteiger partial charge is 0.481 e. The summed E-state index contributed by atoms with van der Waals surface area (Å²) in [5, 5.41) is 26.1. The third kappa shape index (κ3) is 5.74. The van der Waals surface area contributed by atoms with Gasteiger partial charge in [-0.3, -0.25) is 14.8 Å². The van der Waals surface area contributed by atoms with Crippen LogP contribution in [-0.2, 0) is 16.0 Å². The van der Waals surface area contributed by atoms with Crippen molar-refractivity contribution in [3.05, 3.63) is 35.4 Å². The second-order valence-corrected chi connectivity index (χ2v) is 5.60. The lowest BCUT2D eigenvalue weighted by molar-refractivity contribution is -0.142. The first-order chi connectivity index (χ1) is 10.3. The number of aliphatic carboxylic acids is 1. The van der Waals surface area contributed by atoms with Gasteiger partial charge in [0, 0.05) is 11.7 Å². The minimum absolute atomic E-state index is 0.0868. The van der Waals surface area contributed by atoms with Gasteiger partial charge in [-0.2, -0.15) is 12.6 Å². The number of nitrogens with one attached hydrogen (secondary N) is 1. The van der Waals surface area contributed by atoms with Crippen LogP contribution < -0.4 is 5.48 Å². The lowest BCUT2D eigenvalue weighted by Gasteiger charge is -2.16. The molecule has 2 unspecified atom stereocenters. The molecule has 0 heterocycles. The predicted octanol–water partition coefficient (Wildman–Crippen LogP) is 1.21. The number of aromatic carboxylic acids is 1. The zero-order valence-corrected chi connectivity index (χ0v) is 12.5. The van der Waals surface area contributed by atoms with Gasteiger partial charge in [-0.15, -0.1) is 0 Å². The highest BCUT2D eigenvalue weighted by molar-refractivity contribution is 7.81. The molecule has 0 radical (unpaired) electrons. The zero-order valence-electron chi connectivity index (χ0n) is 11.6. The Morgan fingerprint density at radius 3 is 2.45 bits per heavy atom. The topological polar surface area (TPSA) is 124 Å². The minimum Gasteiger partial charge on any atom is -0.481 e. The van der Waals surface area contributed by atoms with Gasteiger partial charge >= 0.3 is 11.9 Å². The molecule has 22 heavy (non-hydrogen) atoms. The van der Waals surface area contributed by atoms with Crippen LogP contribution in [0.25, 0.3) is 0 Å². The summed E-state index contributed by atoms with van der Waals surface area (Å²) in [6.45, 7) is 0. The number of carbonyl (C=O) groups is 3. The van der Waals surface area contributed by atoms with Crippen LogP contribution in [0.2, 0.25) is 0 Å². The minimum atomic E-state index is -1.08. The van der Waals surface area contributed by atoms with Crippen molar-refractivity contribution in [1.82, 2.24) is 5.48 Å². The van der Waals surface area contributed by atoms with E-state index in [9.17, 15) is 19.5 Å². The molecule has 0 aliphatic rings. The summed E-state index contributed by atoms with van der Waals surface area (Å²) in [6, 6.07) is 6.05. The first kappa shape index (κ1) is 18.0. The van der Waals surface area contributed by atoms with Gasteiger partial charge in [0.15, 0.2) is 0 Å². The molecular weight excluding hydrogens is 310 g/mol. The van der Waals surface area contributed by atoms with Crippen molar-refractivity contribution in [2.24, 2.45) is 5.92 Å². The van der Waals surface area contributed by atoms with Crippen molar-refractivity contribution in [1.29, 1.82) is 0 Å². The number of hydrogen-bond acceptors (Lipinski definition) is 5. The Hall–Kier alpha value is -2.06. The molecule has 1 amide bonds. The van der Waals surface area contributed by atoms with E-state index in [2.05, 4.69) is 12.6 Å². The maximum Gasteiger partial charge on any atom is 0.335 e. The number of benzene rings is 1. The van der Waals surface area contributed by atoms with E-state index in [-0.39, 0.29) is 24.8 Å². The van der Waals surface area contributed by atoms with Gasteiger partial charge in [0.2, 0.25) is 5.91 Å². The quantitative estimate of drug-likeness (QED) is 0.278. The normalized spacial score (nSPS) is 13.2. The summed E-state index contributed by atoms with van der Waals surface area (Å²) < 4.78 is 0. The monoisotopic (exact) mass is 327 g/mol. The van der Waals surface area contributed by atoms with Crippen molar-refractivity contribution in [3.63, 3.8) is 0 Å². The van der Waals surface area contributed by atoms with E-state index in [0.29, 0.717) is 5.56 Å². The predicted molar refractivity (Wildman–Crippen MR) is 80.2 cm³/mol. The molecule has 1 aromatic carbocycles. The average molecular weight is 327 g/mol. The molecule has 1 rings (SSSR count). The van der Waals surface area contributed by atoms with Crippen LogP contribution in [0.4, 0.5) is 0 Å². The standard InChI is InChI=1S/C14H17NO6S/c16-12(15-21)7-11(22)6-10(14(19)20)5-8-2-1-3-9(4-8)13(17)18/h1-4,10-11,21-22H,5-7H2,(H,15,16)(H,17,18)(H,19,20). The van der Waals surface area contributed by atoms with Crippen molar-refractivity contribution < 1.29 is 29.8 Å². The summed E-state index contributed by atoms with van der Waals surface area (Å²) in [5.41, 5.74) is 2.14. The first-order valence-electron chi connectivity index (χ1n) is 6.49. The molecule has 1 aromatic rings. The Morgan fingerprint density at radius 1 is 1.23 bits per heavy atom. The molecule has 0 saturated carbocycles. The van der Waals surface area contributed by atoms with Gasteiger partial charge < -0.3 is 10.2 Å². The smallest absolute Gasteiger partial charge is 0.335 e. The Bertz CT molecular complexity index is 562. The maximum atomic E-state index is 11.3. The average Bonchev–Trinajstić information content (AvgIpc) is 2.46. The maximum absolute atomic E-state index is 11.3. The number of carboxylic acids is 2. The van der Waals surface area contributed by atoms with E-state index < -0.39 is 29.0 Å². The van der Waals surface area contributed by atoms with Crippen LogP contribution in [0, 0.1) is 5.92 Å². The number of amides is 1. The fourth-order valence-electron chi connectivity index (χ4n) is 2.06. The number of carbonyl (C=O) groups excluding carboxylic acids is 1. The van der Waals surface area contributed by atoms with Crippen LogP contribution in [0.5, 0.6) is 0 Å². The Kier molecular flexibility index (Phi) is 6.87. The molecule has 120 valence electrons. The third-order valence-corrected chi connectivity index (χ3v) is 3.50. The van der Waals surface area contributed by atoms with Gasteiger partial charge in [0.25, 0.3) is 0 Å². The van der Waals surface area contributed by atoms with E-state index >= 15 is 0 Å². The number of carboxylic acid groups (broad SMARTS) is 2. The van der Waals surface area contributed by atoms with Crippen molar-refractivity contribution in [3.8, 4) is 0 Å². The zero-order chi connectivity index (χ0) is 16.7. The molecule has 0 fully saturated rings. The molecule has 0 aliphatic carbocycles. The summed E-state index contributed by atoms with van der Waals surface area (Å²) in [6.07, 6.45) is 0.135. The van der Waals surface area contributed by atoms with E-state index in [0.717, 1.165) is 0 Å². The Labute approximate surface area is 132 Å². The molecule has 0 bridgehead atoms. The Morgan fingerprint density at radius 2 is 1.91 bits per heavy atom. The van der Waals surface area contributed by atoms with E-state index in [1.165, 1.54) is 17.6 Å². The van der Waals surface area contributed by atoms with E-state index in [1.54, 1.807) is 12.1 Å². The van der Waals surface area contributed by atoms with E-state index in [4.69, 9.17) is 10.3 Å². The highest BCUT2D eigenvalue weighted by atomic mass is 32.1. The fourth-order valence-corrected chi connectivity index (χ4v) is 2.48. The van der Waals surface area contributed by atoms with Crippen LogP contribution in [0.1, 0.15) is 28.8 Å². The lowest BCUT2D eigenvalue weighted by Crippen LogP contribution is -2.26. The lowest BCUT2D eigenvalue weighted by atomic mass is 9.93. The second-order valence-electron chi connectivity index (χ2n) is 4.87. The third-order valence-electron chi connectivity index (χ3n) is 3.11. The van der Waals surface area contributed by atoms with Crippen molar-refractivity contribution in [2.75, 3.05) is 0 Å². The number of hydroxylamine groups is 1. The van der Waals surface area contributed by atoms with Crippen LogP contribution >= 0.6 is 12.6 Å². The molecule has 7 nitrogen and oxygen atoms in total. The van der Waals surface area contributed by atoms with Gasteiger partial charge in [0.1, 0.15) is 0 Å². The summed E-state index contributed by atoms with van der Waals surface area (Å²) >= 11 is 4.15. The van der Waals surface area contributed by atoms with Crippen LogP contribution in [0.3, 0.4) is 0 Å². The summed E-state index contributed by atoms with van der Waals surface area (Å²) in [7, 11) is 0. The number of thiol groups is 1. The van der Waals surface area contributed by atoms with Gasteiger partial charge in [-0.25, -0.2) is 10.3 Å². The molecule has 0 spiro atoms. The van der Waals surface area contributed by atoms with Gasteiger partial charge in [0.05, 0.1) is 11.5 Å². The van der Waals surface area contributed by atoms with Crippen LogP contribution in [0.15, 0.2) is 24.3 Å². The first-order valence-corrected chi connectivity index (χ1v) is 7.01. The molecule has 4 N–H and O–H groups in total. The highest BCUT2D eigenvalue weighted by Gasteiger charge is 2.23. The van der Waals surface area contributed by atoms with E-state index in [1.807, 2.05) is 0 Å². The second kappa shape index (κ2) is 8.40. The summed E-state index contributed by atoms with van der Waals surface area (Å²) in [4.78, 5) is 33.3. The molecule has 2 atom stereocenters. The molecule has 0 saturated heterocycles. The molecule has 0 aromatic heterocycles. The van der Waals surface area contributed by atoms with Crippen LogP contribution in [-0.4, -0.2) is 38.5 Å². The number of hydrogen-bond donors (Lipinski definition) is 5. The molecule has 0 aliphatic heterocycles. The molecular formula is C14H17NO6S. The fraction of sp³-hybridized carbons (Fsp3) is 0.357. The number of rotatable bonds is 8. The van der Waals surface area contributed by atoms with Crippen molar-refractivity contribution >= 4 is 30.5 Å². The van der Waals surface area contributed by atoms with Crippen molar-refractivity contribution in [2.45, 2.75) is 24.5 Å². The SMILES string of the molecule is O=C(CC(S)CC(Cc1cccc(C(=O)O)c1)C(=O)O)NO. The summed E-state index contributed by atoms with van der Waals surface area (Å²) in [5.74, 6) is -3.58. The van der Waals surface area contributed by atoms with Gasteiger partial charge in [-0.1, -0.05) is 12.1 Å². The highest BCUT2D eigenvalue weighted by Crippen LogP contribution is 2.20. The molecule has 8 heteroatoms. The van der Waals surface area contributed by atoms with Gasteiger partial charge in [-0.05, 0) is 30.5 Å². The Balaban J connectivity index is 2.76.